The van der Waals surface area contributed by atoms with Crippen molar-refractivity contribution >= 4 is 17.4 Å². The van der Waals surface area contributed by atoms with Crippen molar-refractivity contribution in [2.45, 2.75) is 0 Å². The molecule has 0 spiro atoms. The standard InChI is InChI=1S/CHN7S/c2-4-6-8-7-5-3-1-9/h2H. The van der Waals surface area contributed by atoms with Crippen LogP contribution < -0.4 is 0 Å². The molecule has 0 radical (unpaired) electrons. The van der Waals surface area contributed by atoms with Gasteiger partial charge in [0, 0.05) is 0 Å². The largest absolute Gasteiger partial charge is 0.183 e. The summed E-state index contributed by atoms with van der Waals surface area (Å²) in [4.78, 5) is 0. The van der Waals surface area contributed by atoms with Crippen molar-refractivity contribution in [1.82, 2.24) is 0 Å². The van der Waals surface area contributed by atoms with Gasteiger partial charge in [-0.1, -0.05) is 5.10 Å². The zero-order chi connectivity index (χ0) is 6.95. The zero-order valence-corrected chi connectivity index (χ0v) is 4.91. The van der Waals surface area contributed by atoms with E-state index in [1.54, 1.807) is 0 Å². The Labute approximate surface area is 55.0 Å². The molecule has 0 aromatic heterocycles. The van der Waals surface area contributed by atoms with Crippen LogP contribution >= 0.6 is 12.2 Å². The number of thiocarbonyl (C=S) groups is 1. The summed E-state index contributed by atoms with van der Waals surface area (Å²) in [5, 5.41) is 19.0. The maximum absolute atomic E-state index is 6.08. The van der Waals surface area contributed by atoms with Gasteiger partial charge in [0.25, 0.3) is 0 Å². The molecule has 0 fully saturated rings. The van der Waals surface area contributed by atoms with Gasteiger partial charge >= 0.3 is 0 Å². The number of hydrogen-bond acceptors (Lipinski definition) is 3. The van der Waals surface area contributed by atoms with Gasteiger partial charge in [-0.05, 0) is 38.3 Å². The van der Waals surface area contributed by atoms with Crippen molar-refractivity contribution in [1.29, 1.82) is 5.53 Å². The Bertz CT molecular complexity index is 173. The van der Waals surface area contributed by atoms with Gasteiger partial charge in [-0.2, -0.15) is 5.53 Å². The van der Waals surface area contributed by atoms with Crippen molar-refractivity contribution in [3.8, 4) is 0 Å². The molecule has 0 unspecified atom stereocenters. The third-order valence-electron chi connectivity index (χ3n) is 0.250. The molecule has 0 amide bonds. The minimum Gasteiger partial charge on any atom is -0.183 e. The minimum absolute atomic E-state index is 1.91. The molecule has 0 saturated heterocycles. The topological polar surface area (TPSA) is 98.0 Å². The maximum atomic E-state index is 6.08. The van der Waals surface area contributed by atoms with E-state index in [4.69, 9.17) is 5.53 Å². The monoisotopic (exact) mass is 143 g/mol. The molecule has 0 saturated carbocycles. The Morgan fingerprint density at radius 2 is 1.78 bits per heavy atom. The number of hydrogen-bond donors (Lipinski definition) is 1. The van der Waals surface area contributed by atoms with E-state index in [0.717, 1.165) is 0 Å². The molecule has 0 bridgehead atoms. The summed E-state index contributed by atoms with van der Waals surface area (Å²) in [5.74, 6) is 0. The molecule has 9 heavy (non-hydrogen) atoms. The molecule has 0 atom stereocenters. The van der Waals surface area contributed by atoms with Crippen LogP contribution in [0.3, 0.4) is 0 Å². The predicted octanol–water partition coefficient (Wildman–Crippen LogP) is 1.77. The van der Waals surface area contributed by atoms with Gasteiger partial charge in [0.15, 0.2) is 0 Å². The number of nitrogens with zero attached hydrogens (tertiary/aromatic N) is 6. The van der Waals surface area contributed by atoms with Crippen LogP contribution in [0.5, 0.6) is 0 Å². The number of isothiocyanates is 1. The lowest BCUT2D eigenvalue weighted by atomic mass is 11.7. The van der Waals surface area contributed by atoms with Gasteiger partial charge in [0.05, 0.1) is 5.16 Å². The van der Waals surface area contributed by atoms with E-state index in [1.807, 2.05) is 5.16 Å². The summed E-state index contributed by atoms with van der Waals surface area (Å²) in [5.41, 5.74) is 6.08. The van der Waals surface area contributed by atoms with Crippen molar-refractivity contribution in [2.24, 2.45) is 31.2 Å². The summed E-state index contributed by atoms with van der Waals surface area (Å²) >= 11 is 4.13. The molecule has 46 valence electrons. The van der Waals surface area contributed by atoms with Crippen molar-refractivity contribution in [3.05, 3.63) is 0 Å². The fourth-order valence-electron chi connectivity index (χ4n) is 0.0940. The molecule has 0 aromatic rings. The normalized spacial score (nSPS) is 9.78. The summed E-state index contributed by atoms with van der Waals surface area (Å²) in [6.45, 7) is 0. The Hall–Kier alpha value is -1.40. The van der Waals surface area contributed by atoms with Crippen LogP contribution in [0.25, 0.3) is 0 Å². The van der Waals surface area contributed by atoms with E-state index in [0.29, 0.717) is 0 Å². The van der Waals surface area contributed by atoms with Crippen LogP contribution in [0.15, 0.2) is 31.2 Å². The van der Waals surface area contributed by atoms with E-state index >= 15 is 0 Å². The van der Waals surface area contributed by atoms with Gasteiger partial charge in [0.1, 0.15) is 0 Å². The van der Waals surface area contributed by atoms with Crippen molar-refractivity contribution in [3.63, 3.8) is 0 Å². The molecule has 0 aliphatic carbocycles. The van der Waals surface area contributed by atoms with Crippen LogP contribution in [0.1, 0.15) is 0 Å². The first-order chi connectivity index (χ1) is 4.41. The maximum Gasteiger partial charge on any atom is 0.0890 e. The van der Waals surface area contributed by atoms with E-state index in [-0.39, 0.29) is 0 Å². The Morgan fingerprint density at radius 3 is 2.33 bits per heavy atom. The summed E-state index contributed by atoms with van der Waals surface area (Å²) in [6.07, 6.45) is 0. The molecule has 7 nitrogen and oxygen atoms in total. The van der Waals surface area contributed by atoms with Crippen molar-refractivity contribution in [2.75, 3.05) is 0 Å². The highest BCUT2D eigenvalue weighted by atomic mass is 32.1. The van der Waals surface area contributed by atoms with Crippen LogP contribution in [-0.4, -0.2) is 5.16 Å². The first-order valence-electron chi connectivity index (χ1n) is 1.65. The smallest absolute Gasteiger partial charge is 0.0890 e. The SMILES string of the molecule is N=NN=NN=NN=C=S. The van der Waals surface area contributed by atoms with Crippen molar-refractivity contribution < 1.29 is 0 Å². The van der Waals surface area contributed by atoms with Crippen LogP contribution in [0.4, 0.5) is 0 Å². The van der Waals surface area contributed by atoms with Gasteiger partial charge in [-0.15, -0.1) is 0 Å². The zero-order valence-electron chi connectivity index (χ0n) is 4.09. The van der Waals surface area contributed by atoms with Crippen LogP contribution in [-0.2, 0) is 0 Å². The summed E-state index contributed by atoms with van der Waals surface area (Å²) in [7, 11) is 0. The van der Waals surface area contributed by atoms with E-state index in [2.05, 4.69) is 43.4 Å². The first kappa shape index (κ1) is 7.60. The average Bonchev–Trinajstić information content (AvgIpc) is 1.89. The number of nitrogens with one attached hydrogen (secondary N) is 1. The van der Waals surface area contributed by atoms with E-state index < -0.39 is 0 Å². The third-order valence-corrected chi connectivity index (χ3v) is 0.332. The second-order valence-corrected chi connectivity index (χ2v) is 0.832. The predicted molar refractivity (Wildman–Crippen MR) is 29.9 cm³/mol. The quantitative estimate of drug-likeness (QED) is 0.277. The highest BCUT2D eigenvalue weighted by Crippen LogP contribution is 1.79. The van der Waals surface area contributed by atoms with Gasteiger partial charge in [-0.25, -0.2) is 0 Å². The Morgan fingerprint density at radius 1 is 1.11 bits per heavy atom. The fourth-order valence-corrected chi connectivity index (χ4v) is 0.131. The Kier molecular flexibility index (Phi) is 5.57. The molecular weight excluding hydrogens is 142 g/mol. The second-order valence-electron chi connectivity index (χ2n) is 0.649. The highest BCUT2D eigenvalue weighted by Gasteiger charge is 1.60. The van der Waals surface area contributed by atoms with Gasteiger partial charge in [-0.3, -0.25) is 0 Å². The highest BCUT2D eigenvalue weighted by molar-refractivity contribution is 7.78. The lowest BCUT2D eigenvalue weighted by Gasteiger charge is -1.62. The van der Waals surface area contributed by atoms with Gasteiger partial charge < -0.3 is 0 Å². The lowest BCUT2D eigenvalue weighted by Crippen LogP contribution is -1.45. The molecule has 8 heteroatoms. The molecule has 0 aliphatic rings. The second kappa shape index (κ2) is 6.60. The van der Waals surface area contributed by atoms with Gasteiger partial charge in [0.2, 0.25) is 0 Å². The summed E-state index contributed by atoms with van der Waals surface area (Å²) in [6, 6.07) is 0. The lowest BCUT2D eigenvalue weighted by molar-refractivity contribution is 0.808. The molecular formula is CHN7S. The molecule has 0 heterocycles. The Balaban J connectivity index is 3.58. The first-order valence-corrected chi connectivity index (χ1v) is 2.06. The molecule has 0 rings (SSSR count). The molecule has 0 aromatic carbocycles. The van der Waals surface area contributed by atoms with Crippen LogP contribution in [0.2, 0.25) is 0 Å². The number of rotatable bonds is 3. The molecule has 0 aliphatic heterocycles. The fraction of sp³-hybridized carbons (Fsp3) is 0. The third kappa shape index (κ3) is 6.60. The minimum atomic E-state index is 1.91. The average molecular weight is 143 g/mol. The molecule has 1 N–H and O–H groups in total. The van der Waals surface area contributed by atoms with Crippen LogP contribution in [0, 0.1) is 5.53 Å². The van der Waals surface area contributed by atoms with E-state index in [1.165, 1.54) is 0 Å². The van der Waals surface area contributed by atoms with E-state index in [9.17, 15) is 0 Å². The summed E-state index contributed by atoms with van der Waals surface area (Å²) < 4.78 is 0.